The van der Waals surface area contributed by atoms with Crippen LogP contribution < -0.4 is 0 Å². The Labute approximate surface area is 202 Å². The molecule has 1 N–H and O–H groups in total. The van der Waals surface area contributed by atoms with Crippen LogP contribution in [0.3, 0.4) is 0 Å². The average Bonchev–Trinajstić information content (AvgIpc) is 3.26. The highest BCUT2D eigenvalue weighted by atomic mass is 16.6. The number of benzene rings is 2. The maximum Gasteiger partial charge on any atom is 0.308 e. The van der Waals surface area contributed by atoms with Crippen molar-refractivity contribution in [3.63, 3.8) is 0 Å². The zero-order valence-corrected chi connectivity index (χ0v) is 20.7. The van der Waals surface area contributed by atoms with E-state index >= 15 is 0 Å². The summed E-state index contributed by atoms with van der Waals surface area (Å²) in [7, 11) is 2.19. The van der Waals surface area contributed by atoms with Crippen molar-refractivity contribution in [1.82, 2.24) is 14.9 Å². The molecule has 1 saturated carbocycles. The van der Waals surface area contributed by atoms with Crippen LogP contribution in [-0.2, 0) is 16.0 Å². The van der Waals surface area contributed by atoms with E-state index in [1.165, 1.54) is 17.5 Å². The third-order valence-corrected chi connectivity index (χ3v) is 7.93. The predicted octanol–water partition coefficient (Wildman–Crippen LogP) is 5.82. The number of imidazole rings is 1. The van der Waals surface area contributed by atoms with Crippen LogP contribution in [0.25, 0.3) is 11.0 Å². The molecule has 0 radical (unpaired) electrons. The van der Waals surface area contributed by atoms with Gasteiger partial charge in [-0.25, -0.2) is 4.98 Å². The zero-order chi connectivity index (χ0) is 23.7. The number of hydrogen-bond acceptors (Lipinski definition) is 4. The number of rotatable bonds is 9. The van der Waals surface area contributed by atoms with Gasteiger partial charge < -0.3 is 14.6 Å². The Hall–Kier alpha value is -2.66. The van der Waals surface area contributed by atoms with E-state index in [0.29, 0.717) is 11.8 Å². The number of carbonyl (C=O) groups excluding carboxylic acids is 1. The Kier molecular flexibility index (Phi) is 6.48. The van der Waals surface area contributed by atoms with Crippen molar-refractivity contribution in [2.75, 3.05) is 20.1 Å². The van der Waals surface area contributed by atoms with Crippen LogP contribution in [0.1, 0.15) is 74.7 Å². The molecule has 180 valence electrons. The molecule has 0 spiro atoms. The zero-order valence-electron chi connectivity index (χ0n) is 20.7. The van der Waals surface area contributed by atoms with E-state index in [-0.39, 0.29) is 17.5 Å². The first-order valence-electron chi connectivity index (χ1n) is 12.9. The summed E-state index contributed by atoms with van der Waals surface area (Å²) >= 11 is 0. The van der Waals surface area contributed by atoms with E-state index < -0.39 is 0 Å². The Morgan fingerprint density at radius 2 is 1.88 bits per heavy atom. The minimum Gasteiger partial charge on any atom is -0.458 e. The van der Waals surface area contributed by atoms with Crippen molar-refractivity contribution in [3.8, 4) is 0 Å². The van der Waals surface area contributed by atoms with Crippen LogP contribution in [0.5, 0.6) is 0 Å². The van der Waals surface area contributed by atoms with Crippen molar-refractivity contribution < 1.29 is 9.53 Å². The topological polar surface area (TPSA) is 58.2 Å². The molecule has 3 aliphatic carbocycles. The van der Waals surface area contributed by atoms with E-state index in [1.807, 2.05) is 26.0 Å². The van der Waals surface area contributed by atoms with Gasteiger partial charge in [0.25, 0.3) is 0 Å². The number of ether oxygens (including phenoxy) is 1. The van der Waals surface area contributed by atoms with Gasteiger partial charge in [-0.15, -0.1) is 0 Å². The molecule has 5 heteroatoms. The number of hydrogen-bond donors (Lipinski definition) is 1. The number of aromatic amines is 1. The van der Waals surface area contributed by atoms with Crippen LogP contribution in [0.2, 0.25) is 0 Å². The van der Waals surface area contributed by atoms with Gasteiger partial charge in [-0.2, -0.15) is 0 Å². The maximum atomic E-state index is 12.8. The average molecular weight is 460 g/mol. The van der Waals surface area contributed by atoms with Crippen molar-refractivity contribution in [3.05, 3.63) is 65.5 Å². The fourth-order valence-electron chi connectivity index (χ4n) is 6.09. The van der Waals surface area contributed by atoms with Gasteiger partial charge in [0.05, 0.1) is 17.0 Å². The number of para-hydroxylation sites is 2. The van der Waals surface area contributed by atoms with Crippen LogP contribution in [0, 0.1) is 5.92 Å². The number of carbonyl (C=O) groups is 1. The Bertz CT molecular complexity index is 1120. The van der Waals surface area contributed by atoms with Gasteiger partial charge >= 0.3 is 5.97 Å². The summed E-state index contributed by atoms with van der Waals surface area (Å²) in [5.74, 6) is 1.70. The molecule has 1 fully saturated rings. The highest BCUT2D eigenvalue weighted by Crippen LogP contribution is 2.57. The molecule has 3 aromatic rings. The van der Waals surface area contributed by atoms with Gasteiger partial charge in [-0.05, 0) is 68.5 Å². The number of H-pyrrole nitrogens is 1. The molecule has 34 heavy (non-hydrogen) atoms. The van der Waals surface area contributed by atoms with Gasteiger partial charge in [0.15, 0.2) is 0 Å². The van der Waals surface area contributed by atoms with Gasteiger partial charge in [0, 0.05) is 25.3 Å². The van der Waals surface area contributed by atoms with Crippen molar-refractivity contribution in [2.24, 2.45) is 5.92 Å². The smallest absolute Gasteiger partial charge is 0.308 e. The molecule has 3 atom stereocenters. The van der Waals surface area contributed by atoms with Crippen LogP contribution >= 0.6 is 0 Å². The number of aryl methyl sites for hydroxylation is 1. The Morgan fingerprint density at radius 1 is 1.12 bits per heavy atom. The van der Waals surface area contributed by atoms with Crippen molar-refractivity contribution in [2.45, 2.75) is 69.8 Å². The fraction of sp³-hybridized carbons (Fsp3) is 0.517. The second kappa shape index (κ2) is 9.53. The molecule has 2 aromatic carbocycles. The summed E-state index contributed by atoms with van der Waals surface area (Å²) in [6.45, 7) is 5.80. The lowest BCUT2D eigenvalue weighted by Gasteiger charge is -2.52. The molecule has 0 saturated heterocycles. The largest absolute Gasteiger partial charge is 0.458 e. The minimum absolute atomic E-state index is 0.0578. The predicted molar refractivity (Wildman–Crippen MR) is 136 cm³/mol. The third kappa shape index (κ3) is 4.50. The molecule has 1 aromatic heterocycles. The fourth-order valence-corrected chi connectivity index (χ4v) is 6.09. The number of nitrogens with zero attached hydrogens (tertiary/aromatic N) is 2. The van der Waals surface area contributed by atoms with Crippen molar-refractivity contribution >= 4 is 17.0 Å². The molecule has 3 aliphatic rings. The molecule has 0 unspecified atom stereocenters. The lowest BCUT2D eigenvalue weighted by atomic mass is 9.58. The van der Waals surface area contributed by atoms with Crippen LogP contribution in [0.4, 0.5) is 0 Å². The summed E-state index contributed by atoms with van der Waals surface area (Å²) in [6.07, 6.45) is 6.15. The van der Waals surface area contributed by atoms with Crippen LogP contribution in [-0.4, -0.2) is 46.6 Å². The lowest BCUT2D eigenvalue weighted by Crippen LogP contribution is -2.51. The van der Waals surface area contributed by atoms with Gasteiger partial charge in [0.2, 0.25) is 0 Å². The molecular formula is C29H37N3O2. The first-order valence-corrected chi connectivity index (χ1v) is 12.9. The van der Waals surface area contributed by atoms with Gasteiger partial charge in [-0.3, -0.25) is 4.79 Å². The standard InChI is InChI=1S/C29H37N3O2/c1-20(2)28(33)34-29(19-21-14-15-24(29)23-10-5-4-9-22(21)23)16-18-32(3)17-8-13-27-30-25-11-6-7-12-26(25)31-27/h4-7,9-12,20-21,24H,8,13-19H2,1-3H3,(H,30,31)/t21-,24+,29+/m1/s1. The monoisotopic (exact) mass is 459 g/mol. The van der Waals surface area contributed by atoms with E-state index in [4.69, 9.17) is 9.72 Å². The third-order valence-electron chi connectivity index (χ3n) is 7.93. The number of aromatic nitrogens is 2. The molecule has 1 heterocycles. The molecule has 0 amide bonds. The number of esters is 1. The first-order chi connectivity index (χ1) is 16.4. The second-order valence-electron chi connectivity index (χ2n) is 10.7. The minimum atomic E-state index is -0.383. The quantitative estimate of drug-likeness (QED) is 0.410. The highest BCUT2D eigenvalue weighted by Gasteiger charge is 2.52. The van der Waals surface area contributed by atoms with Gasteiger partial charge in [-0.1, -0.05) is 50.2 Å². The number of fused-ring (bicyclic) bond motifs is 3. The molecule has 5 nitrogen and oxygen atoms in total. The molecule has 6 rings (SSSR count). The van der Waals surface area contributed by atoms with Gasteiger partial charge in [0.1, 0.15) is 11.4 Å². The summed E-state index contributed by atoms with van der Waals surface area (Å²) in [4.78, 5) is 23.3. The van der Waals surface area contributed by atoms with E-state index in [0.717, 1.165) is 62.1 Å². The molecule has 0 aliphatic heterocycles. The highest BCUT2D eigenvalue weighted by molar-refractivity contribution is 5.74. The SMILES string of the molecule is CC(C)C(=O)O[C@@]1(CCN(C)CCCc2nc3ccccc3[nH]2)C[C@H]2CC[C@H]1c1ccccc12. The first kappa shape index (κ1) is 23.1. The summed E-state index contributed by atoms with van der Waals surface area (Å²) in [5.41, 5.74) is 4.65. The van der Waals surface area contributed by atoms with E-state index in [1.54, 1.807) is 0 Å². The second-order valence-corrected chi connectivity index (χ2v) is 10.7. The lowest BCUT2D eigenvalue weighted by molar-refractivity contribution is -0.173. The Morgan fingerprint density at radius 3 is 2.68 bits per heavy atom. The molecular weight excluding hydrogens is 422 g/mol. The van der Waals surface area contributed by atoms with Crippen molar-refractivity contribution in [1.29, 1.82) is 0 Å². The Balaban J connectivity index is 1.24. The summed E-state index contributed by atoms with van der Waals surface area (Å²) in [5, 5.41) is 0. The maximum absolute atomic E-state index is 12.8. The number of nitrogens with one attached hydrogen (secondary N) is 1. The molecule has 2 bridgehead atoms. The van der Waals surface area contributed by atoms with Crippen LogP contribution in [0.15, 0.2) is 48.5 Å². The van der Waals surface area contributed by atoms with E-state index in [2.05, 4.69) is 53.3 Å². The van der Waals surface area contributed by atoms with E-state index in [9.17, 15) is 4.79 Å². The summed E-state index contributed by atoms with van der Waals surface area (Å²) in [6, 6.07) is 17.0. The summed E-state index contributed by atoms with van der Waals surface area (Å²) < 4.78 is 6.41. The normalized spacial score (nSPS) is 23.6.